The van der Waals surface area contributed by atoms with E-state index < -0.39 is 0 Å². The highest BCUT2D eigenvalue weighted by Gasteiger charge is 2.42. The molecule has 1 spiro atoms. The van der Waals surface area contributed by atoms with Gasteiger partial charge in [0.1, 0.15) is 0 Å². The first-order valence-corrected chi connectivity index (χ1v) is 10.7. The summed E-state index contributed by atoms with van der Waals surface area (Å²) < 4.78 is 6.39. The van der Waals surface area contributed by atoms with E-state index in [1.807, 2.05) is 0 Å². The highest BCUT2D eigenvalue weighted by atomic mass is 32.2. The summed E-state index contributed by atoms with van der Waals surface area (Å²) in [5, 5.41) is 3.63. The number of piperidine rings is 1. The number of allylic oxidation sites excluding steroid dienone is 1. The Morgan fingerprint density at radius 2 is 2.07 bits per heavy atom. The molecule has 1 aromatic heterocycles. The Morgan fingerprint density at radius 3 is 2.78 bits per heavy atom. The van der Waals surface area contributed by atoms with Crippen molar-refractivity contribution in [2.45, 2.75) is 56.4 Å². The summed E-state index contributed by atoms with van der Waals surface area (Å²) in [7, 11) is 0. The standard InChI is InChI=1S/C20H30N4O2S/c1-16(2)5-11-24-12-7-20(8-13-24)6-4-17(26-20)14-23-18(25)15-27-19-21-9-3-10-22-19/h3,5,9-10,17H,4,6-8,11-15H2,1-2H3,(H,23,25). The van der Waals surface area contributed by atoms with Crippen molar-refractivity contribution in [3.8, 4) is 0 Å². The number of thioether (sulfide) groups is 1. The van der Waals surface area contributed by atoms with Gasteiger partial charge >= 0.3 is 0 Å². The second kappa shape index (κ2) is 9.66. The fourth-order valence-electron chi connectivity index (χ4n) is 3.63. The van der Waals surface area contributed by atoms with Crippen LogP contribution in [0.4, 0.5) is 0 Å². The number of likely N-dealkylation sites (tertiary alicyclic amines) is 1. The zero-order valence-electron chi connectivity index (χ0n) is 16.3. The molecule has 0 aliphatic carbocycles. The van der Waals surface area contributed by atoms with E-state index in [1.165, 1.54) is 17.3 Å². The predicted octanol–water partition coefficient (Wildman–Crippen LogP) is 2.66. The fraction of sp³-hybridized carbons (Fsp3) is 0.650. The maximum absolute atomic E-state index is 12.1. The molecule has 6 nitrogen and oxygen atoms in total. The van der Waals surface area contributed by atoms with Crippen molar-refractivity contribution >= 4 is 17.7 Å². The van der Waals surface area contributed by atoms with Crippen molar-refractivity contribution in [2.75, 3.05) is 31.9 Å². The summed E-state index contributed by atoms with van der Waals surface area (Å²) in [4.78, 5) is 22.8. The van der Waals surface area contributed by atoms with Crippen LogP contribution in [0.5, 0.6) is 0 Å². The van der Waals surface area contributed by atoms with Gasteiger partial charge in [0.2, 0.25) is 5.91 Å². The third-order valence-corrected chi connectivity index (χ3v) is 6.14. The second-order valence-corrected chi connectivity index (χ2v) is 8.61. The van der Waals surface area contributed by atoms with Crippen LogP contribution >= 0.6 is 11.8 Å². The molecule has 2 aliphatic rings. The van der Waals surface area contributed by atoms with Gasteiger partial charge in [-0.3, -0.25) is 9.69 Å². The van der Waals surface area contributed by atoms with E-state index in [2.05, 4.69) is 40.1 Å². The van der Waals surface area contributed by atoms with E-state index in [4.69, 9.17) is 4.74 Å². The highest BCUT2D eigenvalue weighted by molar-refractivity contribution is 7.99. The Balaban J connectivity index is 1.35. The molecule has 148 valence electrons. The van der Waals surface area contributed by atoms with Gasteiger partial charge in [-0.15, -0.1) is 0 Å². The van der Waals surface area contributed by atoms with Crippen LogP contribution in [0.3, 0.4) is 0 Å². The van der Waals surface area contributed by atoms with E-state index in [0.29, 0.717) is 17.5 Å². The number of nitrogens with zero attached hydrogens (tertiary/aromatic N) is 3. The first-order chi connectivity index (χ1) is 13.0. The van der Waals surface area contributed by atoms with Crippen molar-refractivity contribution in [1.29, 1.82) is 0 Å². The molecule has 0 aromatic carbocycles. The van der Waals surface area contributed by atoms with Gasteiger partial charge in [0.25, 0.3) is 0 Å². The van der Waals surface area contributed by atoms with E-state index in [-0.39, 0.29) is 17.6 Å². The minimum absolute atomic E-state index is 0.00791. The predicted molar refractivity (Wildman–Crippen MR) is 108 cm³/mol. The van der Waals surface area contributed by atoms with Crippen LogP contribution in [0.2, 0.25) is 0 Å². The van der Waals surface area contributed by atoms with Gasteiger partial charge in [0, 0.05) is 38.6 Å². The minimum atomic E-state index is 0.00791. The number of ether oxygens (including phenoxy) is 1. The Labute approximate surface area is 166 Å². The van der Waals surface area contributed by atoms with E-state index in [1.54, 1.807) is 18.5 Å². The molecular formula is C20H30N4O2S. The van der Waals surface area contributed by atoms with E-state index in [0.717, 1.165) is 45.3 Å². The topological polar surface area (TPSA) is 67.4 Å². The largest absolute Gasteiger partial charge is 0.370 e. The number of hydrogen-bond acceptors (Lipinski definition) is 6. The second-order valence-electron chi connectivity index (χ2n) is 7.67. The summed E-state index contributed by atoms with van der Waals surface area (Å²) in [6, 6.07) is 1.77. The lowest BCUT2D eigenvalue weighted by molar-refractivity contribution is -0.120. The monoisotopic (exact) mass is 390 g/mol. The number of nitrogens with one attached hydrogen (secondary N) is 1. The highest BCUT2D eigenvalue weighted by Crippen LogP contribution is 2.38. The molecule has 0 bridgehead atoms. The van der Waals surface area contributed by atoms with Crippen LogP contribution in [0.25, 0.3) is 0 Å². The SMILES string of the molecule is CC(C)=CCN1CCC2(CCC(CNC(=O)CSc3ncccn3)O2)CC1. The lowest BCUT2D eigenvalue weighted by Crippen LogP contribution is -2.45. The number of carbonyl (C=O) groups excluding carboxylic acids is 1. The summed E-state index contributed by atoms with van der Waals surface area (Å²) in [6.07, 6.45) is 10.1. The molecule has 0 saturated carbocycles. The molecule has 1 N–H and O–H groups in total. The van der Waals surface area contributed by atoms with Gasteiger partial charge in [-0.2, -0.15) is 0 Å². The first-order valence-electron chi connectivity index (χ1n) is 9.75. The molecule has 2 saturated heterocycles. The van der Waals surface area contributed by atoms with Crippen LogP contribution in [0.15, 0.2) is 35.3 Å². The quantitative estimate of drug-likeness (QED) is 0.439. The Bertz CT molecular complexity index is 641. The lowest BCUT2D eigenvalue weighted by atomic mass is 9.88. The molecule has 2 aliphatic heterocycles. The summed E-state index contributed by atoms with van der Waals surface area (Å²) >= 11 is 1.35. The summed E-state index contributed by atoms with van der Waals surface area (Å²) in [6.45, 7) is 8.12. The van der Waals surface area contributed by atoms with Crippen LogP contribution in [-0.2, 0) is 9.53 Å². The molecule has 27 heavy (non-hydrogen) atoms. The molecule has 1 atom stereocenters. The van der Waals surface area contributed by atoms with Gasteiger partial charge < -0.3 is 10.1 Å². The molecule has 1 unspecified atom stereocenters. The summed E-state index contributed by atoms with van der Waals surface area (Å²) in [5.74, 6) is 0.342. The Morgan fingerprint density at radius 1 is 1.33 bits per heavy atom. The van der Waals surface area contributed by atoms with Gasteiger partial charge in [-0.05, 0) is 45.6 Å². The number of hydrogen-bond donors (Lipinski definition) is 1. The number of aromatic nitrogens is 2. The zero-order chi connectivity index (χ0) is 19.1. The molecule has 0 radical (unpaired) electrons. The van der Waals surface area contributed by atoms with E-state index in [9.17, 15) is 4.79 Å². The maximum atomic E-state index is 12.1. The molecule has 3 rings (SSSR count). The third-order valence-electron chi connectivity index (χ3n) is 5.26. The number of rotatable bonds is 7. The fourth-order valence-corrected chi connectivity index (χ4v) is 4.26. The van der Waals surface area contributed by atoms with Crippen LogP contribution in [0.1, 0.15) is 39.5 Å². The Kier molecular flexibility index (Phi) is 7.26. The molecule has 2 fully saturated rings. The average molecular weight is 391 g/mol. The van der Waals surface area contributed by atoms with Crippen LogP contribution in [0, 0.1) is 0 Å². The number of amides is 1. The first kappa shape index (κ1) is 20.3. The maximum Gasteiger partial charge on any atom is 0.230 e. The van der Waals surface area contributed by atoms with Crippen LogP contribution < -0.4 is 5.32 Å². The van der Waals surface area contributed by atoms with Crippen LogP contribution in [-0.4, -0.2) is 64.4 Å². The van der Waals surface area contributed by atoms with Crippen molar-refractivity contribution in [1.82, 2.24) is 20.2 Å². The van der Waals surface area contributed by atoms with E-state index >= 15 is 0 Å². The van der Waals surface area contributed by atoms with Crippen molar-refractivity contribution in [3.63, 3.8) is 0 Å². The Hall–Kier alpha value is -1.44. The van der Waals surface area contributed by atoms with Gasteiger partial charge in [-0.25, -0.2) is 9.97 Å². The minimum Gasteiger partial charge on any atom is -0.370 e. The normalized spacial score (nSPS) is 21.9. The zero-order valence-corrected chi connectivity index (χ0v) is 17.1. The summed E-state index contributed by atoms with van der Waals surface area (Å²) in [5.41, 5.74) is 1.41. The molecule has 7 heteroatoms. The van der Waals surface area contributed by atoms with Crippen molar-refractivity contribution < 1.29 is 9.53 Å². The smallest absolute Gasteiger partial charge is 0.230 e. The number of carbonyl (C=O) groups is 1. The van der Waals surface area contributed by atoms with Gasteiger partial charge in [0.05, 0.1) is 17.5 Å². The molecular weight excluding hydrogens is 360 g/mol. The van der Waals surface area contributed by atoms with Gasteiger partial charge in [0.15, 0.2) is 5.16 Å². The van der Waals surface area contributed by atoms with Crippen molar-refractivity contribution in [2.24, 2.45) is 0 Å². The van der Waals surface area contributed by atoms with Crippen molar-refractivity contribution in [3.05, 3.63) is 30.1 Å². The lowest BCUT2D eigenvalue weighted by Gasteiger charge is -2.39. The molecule has 3 heterocycles. The average Bonchev–Trinajstić information content (AvgIpc) is 3.08. The van der Waals surface area contributed by atoms with Gasteiger partial charge in [-0.1, -0.05) is 23.4 Å². The molecule has 1 aromatic rings. The molecule has 1 amide bonds. The third kappa shape index (κ3) is 6.30.